The second-order valence-corrected chi connectivity index (χ2v) is 10.6. The zero-order valence-electron chi connectivity index (χ0n) is 17.9. The first-order valence-corrected chi connectivity index (χ1v) is 11.9. The first-order chi connectivity index (χ1) is 14.0. The van der Waals surface area contributed by atoms with Crippen molar-refractivity contribution in [3.8, 4) is 0 Å². The third-order valence-corrected chi connectivity index (χ3v) is 8.56. The van der Waals surface area contributed by atoms with E-state index in [2.05, 4.69) is 17.1 Å². The summed E-state index contributed by atoms with van der Waals surface area (Å²) >= 11 is 0. The molecule has 1 N–H and O–H groups in total. The number of ether oxygens (including phenoxy) is 1. The number of carbonyl (C=O) groups is 2. The molecule has 0 radical (unpaired) electrons. The molecule has 0 spiro atoms. The predicted octanol–water partition coefficient (Wildman–Crippen LogP) is 2.03. The Morgan fingerprint density at radius 2 is 1.48 bits per heavy atom. The molecule has 0 aromatic carbocycles. The Bertz CT molecular complexity index is 602. The Labute approximate surface area is 174 Å². The minimum Gasteiger partial charge on any atom is -0.378 e. The van der Waals surface area contributed by atoms with Crippen LogP contribution in [0.4, 0.5) is 0 Å². The van der Waals surface area contributed by atoms with Crippen LogP contribution < -0.4 is 5.32 Å². The Hall–Kier alpha value is -1.14. The highest BCUT2D eigenvalue weighted by molar-refractivity contribution is 5.82. The molecule has 4 aliphatic carbocycles. The van der Waals surface area contributed by atoms with E-state index in [0.717, 1.165) is 56.8 Å². The lowest BCUT2D eigenvalue weighted by Crippen LogP contribution is -2.62. The van der Waals surface area contributed by atoms with Crippen LogP contribution in [0.1, 0.15) is 58.3 Å². The van der Waals surface area contributed by atoms with Gasteiger partial charge in [0.05, 0.1) is 19.3 Å². The molecule has 29 heavy (non-hydrogen) atoms. The van der Waals surface area contributed by atoms with Crippen molar-refractivity contribution in [3.05, 3.63) is 0 Å². The van der Waals surface area contributed by atoms with E-state index in [9.17, 15) is 9.59 Å². The summed E-state index contributed by atoms with van der Waals surface area (Å²) in [5, 5.41) is 3.54. The smallest absolute Gasteiger partial charge is 0.237 e. The number of hydrogen-bond acceptors (Lipinski definition) is 4. The molecule has 6 fully saturated rings. The largest absolute Gasteiger partial charge is 0.378 e. The van der Waals surface area contributed by atoms with Gasteiger partial charge in [0.15, 0.2) is 0 Å². The molecular formula is C23H37N3O3. The first kappa shape index (κ1) is 19.8. The van der Waals surface area contributed by atoms with Crippen LogP contribution in [0.2, 0.25) is 0 Å². The lowest BCUT2D eigenvalue weighted by atomic mass is 9.53. The van der Waals surface area contributed by atoms with Gasteiger partial charge in [-0.15, -0.1) is 0 Å². The standard InChI is InChI=1S/C23H37N3O3/c1-16(21(27)24-23-13-17-10-18(14-23)12-19(11-17)15-23)25-4-2-20(3-5-25)22(28)26-6-8-29-9-7-26/h16-20H,2-15H2,1H3,(H,24,27). The SMILES string of the molecule is CC(C(=O)NC12CC3CC(CC(C3)C1)C2)N1CCC(C(=O)N2CCOCC2)CC1. The molecule has 4 saturated carbocycles. The average molecular weight is 404 g/mol. The maximum Gasteiger partial charge on any atom is 0.237 e. The Morgan fingerprint density at radius 1 is 0.931 bits per heavy atom. The monoisotopic (exact) mass is 403 g/mol. The van der Waals surface area contributed by atoms with Crippen LogP contribution in [0.15, 0.2) is 0 Å². The van der Waals surface area contributed by atoms with Gasteiger partial charge in [-0.2, -0.15) is 0 Å². The van der Waals surface area contributed by atoms with E-state index in [1.807, 2.05) is 4.90 Å². The summed E-state index contributed by atoms with van der Waals surface area (Å²) in [4.78, 5) is 30.2. The molecule has 0 aromatic heterocycles. The number of amides is 2. The number of carbonyl (C=O) groups excluding carboxylic acids is 2. The van der Waals surface area contributed by atoms with Crippen molar-refractivity contribution < 1.29 is 14.3 Å². The van der Waals surface area contributed by atoms with Gasteiger partial charge in [-0.25, -0.2) is 0 Å². The van der Waals surface area contributed by atoms with E-state index >= 15 is 0 Å². The zero-order valence-corrected chi connectivity index (χ0v) is 17.9. The van der Waals surface area contributed by atoms with Crippen molar-refractivity contribution in [3.63, 3.8) is 0 Å². The summed E-state index contributed by atoms with van der Waals surface area (Å²) < 4.78 is 5.37. The molecule has 6 aliphatic rings. The lowest BCUT2D eigenvalue weighted by molar-refractivity contribution is -0.141. The Morgan fingerprint density at radius 3 is 2.03 bits per heavy atom. The average Bonchev–Trinajstić information content (AvgIpc) is 2.72. The summed E-state index contributed by atoms with van der Waals surface area (Å²) in [6.07, 6.45) is 9.53. The molecule has 2 saturated heterocycles. The fraction of sp³-hybridized carbons (Fsp3) is 0.913. The van der Waals surface area contributed by atoms with Crippen molar-refractivity contribution in [2.45, 2.75) is 69.9 Å². The maximum atomic E-state index is 13.1. The second kappa shape index (κ2) is 7.84. The quantitative estimate of drug-likeness (QED) is 0.780. The number of hydrogen-bond donors (Lipinski definition) is 1. The molecule has 6 nitrogen and oxygen atoms in total. The van der Waals surface area contributed by atoms with Crippen LogP contribution in [0.3, 0.4) is 0 Å². The van der Waals surface area contributed by atoms with Crippen LogP contribution in [-0.2, 0) is 14.3 Å². The highest BCUT2D eigenvalue weighted by Gasteiger charge is 2.52. The highest BCUT2D eigenvalue weighted by Crippen LogP contribution is 2.55. The van der Waals surface area contributed by atoms with Crippen LogP contribution in [0.25, 0.3) is 0 Å². The minimum atomic E-state index is -0.0950. The van der Waals surface area contributed by atoms with Gasteiger partial charge < -0.3 is 15.0 Å². The van der Waals surface area contributed by atoms with Gasteiger partial charge in [0.25, 0.3) is 0 Å². The Balaban J connectivity index is 1.13. The van der Waals surface area contributed by atoms with Crippen LogP contribution in [-0.4, -0.2) is 72.6 Å². The van der Waals surface area contributed by atoms with E-state index in [1.54, 1.807) is 0 Å². The number of piperidine rings is 1. The van der Waals surface area contributed by atoms with Crippen LogP contribution >= 0.6 is 0 Å². The Kier molecular flexibility index (Phi) is 5.35. The van der Waals surface area contributed by atoms with Gasteiger partial charge in [0.2, 0.25) is 11.8 Å². The van der Waals surface area contributed by atoms with E-state index in [-0.39, 0.29) is 23.4 Å². The molecule has 162 valence electrons. The fourth-order valence-electron chi connectivity index (χ4n) is 7.37. The molecule has 0 aromatic rings. The normalized spacial score (nSPS) is 38.8. The van der Waals surface area contributed by atoms with Gasteiger partial charge in [0, 0.05) is 24.5 Å². The van der Waals surface area contributed by atoms with Gasteiger partial charge in [0.1, 0.15) is 0 Å². The highest BCUT2D eigenvalue weighted by atomic mass is 16.5. The first-order valence-electron chi connectivity index (χ1n) is 11.9. The number of rotatable bonds is 4. The summed E-state index contributed by atoms with van der Waals surface area (Å²) in [6, 6.07) is -0.0950. The van der Waals surface area contributed by atoms with E-state index in [0.29, 0.717) is 19.1 Å². The molecule has 2 heterocycles. The van der Waals surface area contributed by atoms with Crippen molar-refractivity contribution in [1.29, 1.82) is 0 Å². The number of morpholine rings is 1. The van der Waals surface area contributed by atoms with Crippen molar-refractivity contribution in [2.75, 3.05) is 39.4 Å². The molecule has 4 bridgehead atoms. The summed E-state index contributed by atoms with van der Waals surface area (Å²) in [7, 11) is 0. The molecule has 6 rings (SSSR count). The number of likely N-dealkylation sites (tertiary alicyclic amines) is 1. The van der Waals surface area contributed by atoms with E-state index in [4.69, 9.17) is 4.74 Å². The molecule has 2 amide bonds. The molecule has 1 atom stereocenters. The van der Waals surface area contributed by atoms with Gasteiger partial charge in [-0.1, -0.05) is 0 Å². The third kappa shape index (κ3) is 3.95. The van der Waals surface area contributed by atoms with Crippen molar-refractivity contribution in [1.82, 2.24) is 15.1 Å². The van der Waals surface area contributed by atoms with Gasteiger partial charge in [-0.05, 0) is 89.1 Å². The summed E-state index contributed by atoms with van der Waals surface area (Å²) in [5.41, 5.74) is 0.0880. The van der Waals surface area contributed by atoms with Gasteiger partial charge in [-0.3, -0.25) is 14.5 Å². The maximum absolute atomic E-state index is 13.1. The molecular weight excluding hydrogens is 366 g/mol. The predicted molar refractivity (Wildman–Crippen MR) is 110 cm³/mol. The summed E-state index contributed by atoms with van der Waals surface area (Å²) in [5.74, 6) is 3.16. The molecule has 2 aliphatic heterocycles. The van der Waals surface area contributed by atoms with E-state index < -0.39 is 0 Å². The topological polar surface area (TPSA) is 61.9 Å². The fourth-order valence-corrected chi connectivity index (χ4v) is 7.37. The number of nitrogens with one attached hydrogen (secondary N) is 1. The number of nitrogens with zero attached hydrogens (tertiary/aromatic N) is 2. The minimum absolute atomic E-state index is 0.0880. The van der Waals surface area contributed by atoms with Crippen molar-refractivity contribution in [2.24, 2.45) is 23.7 Å². The van der Waals surface area contributed by atoms with Crippen molar-refractivity contribution >= 4 is 11.8 Å². The van der Waals surface area contributed by atoms with Crippen LogP contribution in [0.5, 0.6) is 0 Å². The lowest BCUT2D eigenvalue weighted by Gasteiger charge is -2.57. The summed E-state index contributed by atoms with van der Waals surface area (Å²) in [6.45, 7) is 6.51. The molecule has 6 heteroatoms. The van der Waals surface area contributed by atoms with Gasteiger partial charge >= 0.3 is 0 Å². The van der Waals surface area contributed by atoms with Crippen LogP contribution in [0, 0.1) is 23.7 Å². The third-order valence-electron chi connectivity index (χ3n) is 8.56. The zero-order chi connectivity index (χ0) is 20.0. The van der Waals surface area contributed by atoms with E-state index in [1.165, 1.54) is 38.5 Å². The molecule has 1 unspecified atom stereocenters. The second-order valence-electron chi connectivity index (χ2n) is 10.6.